The number of carbonyl (C=O) groups is 1. The molecule has 0 aliphatic heterocycles. The average molecular weight is 423 g/mol. The van der Waals surface area contributed by atoms with Crippen LogP contribution in [0.3, 0.4) is 0 Å². The summed E-state index contributed by atoms with van der Waals surface area (Å²) >= 11 is 0. The largest absolute Gasteiger partial charge is 0.502 e. The van der Waals surface area contributed by atoms with E-state index in [1.807, 2.05) is 18.2 Å². The van der Waals surface area contributed by atoms with Crippen LogP contribution >= 0.6 is 0 Å². The van der Waals surface area contributed by atoms with Gasteiger partial charge >= 0.3 is 5.63 Å². The van der Waals surface area contributed by atoms with E-state index >= 15 is 0 Å². The van der Waals surface area contributed by atoms with Crippen LogP contribution < -0.4 is 20.0 Å². The summed E-state index contributed by atoms with van der Waals surface area (Å²) in [6.45, 7) is 5.77. The molecule has 0 amide bonds. The Labute approximate surface area is 180 Å². The van der Waals surface area contributed by atoms with E-state index in [0.29, 0.717) is 16.5 Å². The second-order valence-corrected chi connectivity index (χ2v) is 6.81. The Morgan fingerprint density at radius 1 is 1.06 bits per heavy atom. The second kappa shape index (κ2) is 9.38. The molecule has 2 aromatic carbocycles. The van der Waals surface area contributed by atoms with Gasteiger partial charge in [0.2, 0.25) is 5.75 Å². The average Bonchev–Trinajstić information content (AvgIpc) is 2.78. The molecule has 0 saturated carbocycles. The summed E-state index contributed by atoms with van der Waals surface area (Å²) in [5.74, 6) is -0.205. The van der Waals surface area contributed by atoms with Gasteiger partial charge in [-0.1, -0.05) is 6.08 Å². The van der Waals surface area contributed by atoms with E-state index < -0.39 is 11.4 Å². The topological polar surface area (TPSA) is 89.2 Å². The van der Waals surface area contributed by atoms with Crippen LogP contribution in [0.4, 0.5) is 5.69 Å². The lowest BCUT2D eigenvalue weighted by molar-refractivity contribution is 0.104. The highest BCUT2D eigenvalue weighted by molar-refractivity contribution is 6.07. The summed E-state index contributed by atoms with van der Waals surface area (Å²) in [7, 11) is 2.83. The maximum Gasteiger partial charge on any atom is 0.347 e. The van der Waals surface area contributed by atoms with Gasteiger partial charge in [-0.3, -0.25) is 4.79 Å². The van der Waals surface area contributed by atoms with Crippen molar-refractivity contribution in [3.8, 4) is 17.2 Å². The van der Waals surface area contributed by atoms with Crippen molar-refractivity contribution in [3.05, 3.63) is 64.0 Å². The maximum atomic E-state index is 12.7. The molecule has 3 rings (SSSR count). The zero-order valence-electron chi connectivity index (χ0n) is 18.0. The van der Waals surface area contributed by atoms with E-state index in [1.165, 1.54) is 32.4 Å². The van der Waals surface area contributed by atoms with Crippen LogP contribution in [0.25, 0.3) is 17.0 Å². The molecule has 0 atom stereocenters. The monoisotopic (exact) mass is 423 g/mol. The molecule has 1 heterocycles. The number of methoxy groups -OCH3 is 2. The number of phenolic OH excluding ortho intramolecular Hbond substituents is 1. The van der Waals surface area contributed by atoms with Gasteiger partial charge in [-0.15, -0.1) is 0 Å². The Bertz CT molecular complexity index is 1170. The molecular formula is C24H25NO6. The Kier molecular flexibility index (Phi) is 6.65. The molecule has 0 unspecified atom stereocenters. The highest BCUT2D eigenvalue weighted by atomic mass is 16.5. The fourth-order valence-electron chi connectivity index (χ4n) is 3.33. The third-order valence-corrected chi connectivity index (χ3v) is 5.04. The number of nitrogens with zero attached hydrogens (tertiary/aromatic N) is 1. The van der Waals surface area contributed by atoms with Crippen molar-refractivity contribution in [2.24, 2.45) is 0 Å². The van der Waals surface area contributed by atoms with E-state index in [1.54, 1.807) is 12.1 Å². The molecule has 0 aliphatic carbocycles. The Morgan fingerprint density at radius 3 is 2.29 bits per heavy atom. The number of ketones is 1. The van der Waals surface area contributed by atoms with E-state index in [2.05, 4.69) is 18.7 Å². The molecule has 3 aromatic rings. The van der Waals surface area contributed by atoms with Crippen LogP contribution in [0.5, 0.6) is 17.2 Å². The van der Waals surface area contributed by atoms with Crippen molar-refractivity contribution in [3.63, 3.8) is 0 Å². The number of allylic oxidation sites excluding steroid dienone is 1. The number of benzene rings is 2. The lowest BCUT2D eigenvalue weighted by Crippen LogP contribution is -2.21. The molecule has 0 bridgehead atoms. The summed E-state index contributed by atoms with van der Waals surface area (Å²) in [5.41, 5.74) is 1.20. The van der Waals surface area contributed by atoms with Crippen molar-refractivity contribution in [1.29, 1.82) is 0 Å². The number of fused-ring (bicyclic) bond motifs is 1. The summed E-state index contributed by atoms with van der Waals surface area (Å²) in [6.07, 6.45) is 2.79. The number of ether oxygens (including phenoxy) is 2. The van der Waals surface area contributed by atoms with Crippen molar-refractivity contribution in [1.82, 2.24) is 0 Å². The van der Waals surface area contributed by atoms with Gasteiger partial charge in [0.05, 0.1) is 14.2 Å². The van der Waals surface area contributed by atoms with Gasteiger partial charge in [0.15, 0.2) is 17.3 Å². The van der Waals surface area contributed by atoms with Gasteiger partial charge in [-0.05, 0) is 55.8 Å². The number of carbonyl (C=O) groups excluding carboxylic acids is 1. The minimum Gasteiger partial charge on any atom is -0.502 e. The Balaban J connectivity index is 1.93. The first-order valence-electron chi connectivity index (χ1n) is 9.92. The van der Waals surface area contributed by atoms with Crippen LogP contribution in [0.15, 0.2) is 51.7 Å². The molecule has 7 nitrogen and oxygen atoms in total. The van der Waals surface area contributed by atoms with E-state index in [4.69, 9.17) is 13.9 Å². The number of phenols is 1. The first kappa shape index (κ1) is 22.0. The normalized spacial score (nSPS) is 11.1. The zero-order chi connectivity index (χ0) is 22.5. The number of aromatic hydroxyl groups is 1. The van der Waals surface area contributed by atoms with E-state index in [-0.39, 0.29) is 22.8 Å². The first-order valence-corrected chi connectivity index (χ1v) is 9.92. The van der Waals surface area contributed by atoms with Gasteiger partial charge in [-0.2, -0.15) is 0 Å². The molecule has 0 fully saturated rings. The predicted molar refractivity (Wildman–Crippen MR) is 121 cm³/mol. The van der Waals surface area contributed by atoms with Crippen molar-refractivity contribution < 1.29 is 23.8 Å². The van der Waals surface area contributed by atoms with Crippen LogP contribution in [0.2, 0.25) is 0 Å². The minimum atomic E-state index is -0.695. The highest BCUT2D eigenvalue weighted by Gasteiger charge is 2.14. The second-order valence-electron chi connectivity index (χ2n) is 6.81. The lowest BCUT2D eigenvalue weighted by Gasteiger charge is -2.20. The molecule has 0 saturated heterocycles. The summed E-state index contributed by atoms with van der Waals surface area (Å²) in [5, 5.41) is 10.7. The SMILES string of the molecule is CCN(CC)c1ccc2cc(C(=O)/C=C/c3cc(OC)c(O)c(OC)c3)c(=O)oc2c1. The Morgan fingerprint density at radius 2 is 1.71 bits per heavy atom. The summed E-state index contributed by atoms with van der Waals surface area (Å²) in [4.78, 5) is 27.2. The van der Waals surface area contributed by atoms with Crippen molar-refractivity contribution >= 4 is 28.5 Å². The predicted octanol–water partition coefficient (Wildman–Crippen LogP) is 4.26. The maximum absolute atomic E-state index is 12.7. The number of hydrogen-bond acceptors (Lipinski definition) is 7. The van der Waals surface area contributed by atoms with Crippen molar-refractivity contribution in [2.45, 2.75) is 13.8 Å². The zero-order valence-corrected chi connectivity index (χ0v) is 18.0. The molecule has 0 aliphatic rings. The summed E-state index contributed by atoms with van der Waals surface area (Å²) in [6, 6.07) is 10.2. The number of hydrogen-bond donors (Lipinski definition) is 1. The molecule has 0 radical (unpaired) electrons. The molecule has 1 aromatic heterocycles. The van der Waals surface area contributed by atoms with Crippen molar-refractivity contribution in [2.75, 3.05) is 32.2 Å². The standard InChI is InChI=1S/C24H25NO6/c1-5-25(6-2)17-9-8-16-13-18(24(28)31-20(16)14-17)19(26)10-7-15-11-21(29-3)23(27)22(12-15)30-4/h7-14,27H,5-6H2,1-4H3/b10-7+. The molecule has 0 spiro atoms. The smallest absolute Gasteiger partial charge is 0.347 e. The van der Waals surface area contributed by atoms with Crippen LogP contribution in [0.1, 0.15) is 29.8 Å². The molecule has 7 heteroatoms. The fraction of sp³-hybridized carbons (Fsp3) is 0.250. The molecule has 31 heavy (non-hydrogen) atoms. The van der Waals surface area contributed by atoms with Gasteiger partial charge < -0.3 is 23.9 Å². The molecular weight excluding hydrogens is 398 g/mol. The van der Waals surface area contributed by atoms with E-state index in [9.17, 15) is 14.7 Å². The summed E-state index contributed by atoms with van der Waals surface area (Å²) < 4.78 is 15.6. The van der Waals surface area contributed by atoms with E-state index in [0.717, 1.165) is 18.8 Å². The molecule has 162 valence electrons. The van der Waals surface area contributed by atoms with Gasteiger partial charge in [0.25, 0.3) is 0 Å². The fourth-order valence-corrected chi connectivity index (χ4v) is 3.33. The third-order valence-electron chi connectivity index (χ3n) is 5.04. The quantitative estimate of drug-likeness (QED) is 0.329. The first-order chi connectivity index (χ1) is 14.9. The third kappa shape index (κ3) is 4.55. The minimum absolute atomic E-state index is 0.0583. The molecule has 1 N–H and O–H groups in total. The number of rotatable bonds is 8. The lowest BCUT2D eigenvalue weighted by atomic mass is 10.1. The van der Waals surface area contributed by atoms with Crippen LogP contribution in [0, 0.1) is 0 Å². The van der Waals surface area contributed by atoms with Gasteiger partial charge in [0, 0.05) is 30.2 Å². The highest BCUT2D eigenvalue weighted by Crippen LogP contribution is 2.37. The van der Waals surface area contributed by atoms with Crippen LogP contribution in [-0.4, -0.2) is 38.2 Å². The van der Waals surface area contributed by atoms with Gasteiger partial charge in [-0.25, -0.2) is 4.79 Å². The Hall–Kier alpha value is -3.74. The van der Waals surface area contributed by atoms with Crippen LogP contribution in [-0.2, 0) is 0 Å². The number of anilines is 1. The van der Waals surface area contributed by atoms with Gasteiger partial charge in [0.1, 0.15) is 11.1 Å².